The highest BCUT2D eigenvalue weighted by atomic mass is 16.5. The number of aliphatic hydroxyl groups is 1. The number of nitrogens with one attached hydrogen (secondary N) is 2. The molecule has 0 aliphatic carbocycles. The molecule has 3 N–H and O–H groups in total. The molecule has 31 heavy (non-hydrogen) atoms. The molecule has 0 aromatic heterocycles. The Morgan fingerprint density at radius 2 is 1.52 bits per heavy atom. The highest BCUT2D eigenvalue weighted by Crippen LogP contribution is 2.14. The van der Waals surface area contributed by atoms with Gasteiger partial charge in [-0.05, 0) is 45.2 Å². The number of carbonyl (C=O) groups is 1. The minimum Gasteiger partial charge on any atom is -0.390 e. The highest BCUT2D eigenvalue weighted by molar-refractivity contribution is 5.75. The van der Waals surface area contributed by atoms with E-state index in [1.807, 2.05) is 88.4 Å². The van der Waals surface area contributed by atoms with Crippen LogP contribution in [0.25, 0.3) is 0 Å². The fourth-order valence-electron chi connectivity index (χ4n) is 3.78. The number of hydrogen-bond acceptors (Lipinski definition) is 4. The molecule has 0 aliphatic rings. The molecule has 170 valence electrons. The van der Waals surface area contributed by atoms with Crippen molar-refractivity contribution in [3.8, 4) is 0 Å². The molecular formula is C25H37N3O3. The van der Waals surface area contributed by atoms with Gasteiger partial charge in [-0.2, -0.15) is 0 Å². The van der Waals surface area contributed by atoms with Gasteiger partial charge in [0.05, 0.1) is 12.1 Å². The number of rotatable bonds is 11. The van der Waals surface area contributed by atoms with Crippen LogP contribution in [0, 0.1) is 0 Å². The highest BCUT2D eigenvalue weighted by Gasteiger charge is 2.27. The Morgan fingerprint density at radius 1 is 0.968 bits per heavy atom. The molecule has 3 atom stereocenters. The summed E-state index contributed by atoms with van der Waals surface area (Å²) in [6.45, 7) is 8.24. The van der Waals surface area contributed by atoms with Crippen LogP contribution in [0.15, 0.2) is 60.7 Å². The van der Waals surface area contributed by atoms with Gasteiger partial charge in [-0.1, -0.05) is 60.7 Å². The first-order chi connectivity index (χ1) is 14.8. The standard InChI is InChI=1S/C25H37N3O3/c1-18(2)28(19(3)4)25(30)27-22(16-20-12-8-6-9-13-20)23(29)17-26-24(31-5)21-14-10-7-11-15-21/h6-15,18-19,22-24,26,29H,16-17H2,1-5H3,(H,27,30)/t22-,23+,24?/m0/s1. The molecule has 0 saturated carbocycles. The maximum Gasteiger partial charge on any atom is 0.318 e. The van der Waals surface area contributed by atoms with Crippen LogP contribution < -0.4 is 10.6 Å². The molecular weight excluding hydrogens is 390 g/mol. The molecule has 0 fully saturated rings. The largest absolute Gasteiger partial charge is 0.390 e. The Balaban J connectivity index is 2.12. The average molecular weight is 428 g/mol. The van der Waals surface area contributed by atoms with Gasteiger partial charge in [0.2, 0.25) is 0 Å². The van der Waals surface area contributed by atoms with E-state index in [0.29, 0.717) is 6.42 Å². The molecule has 2 amide bonds. The number of benzene rings is 2. The second-order valence-electron chi connectivity index (χ2n) is 8.34. The Hall–Kier alpha value is -2.41. The number of methoxy groups -OCH3 is 1. The van der Waals surface area contributed by atoms with Crippen molar-refractivity contribution >= 4 is 6.03 Å². The van der Waals surface area contributed by atoms with Crippen molar-refractivity contribution in [1.29, 1.82) is 0 Å². The summed E-state index contributed by atoms with van der Waals surface area (Å²) in [5, 5.41) is 17.3. The average Bonchev–Trinajstić information content (AvgIpc) is 2.74. The van der Waals surface area contributed by atoms with E-state index in [0.717, 1.165) is 11.1 Å². The summed E-state index contributed by atoms with van der Waals surface area (Å²) in [6, 6.07) is 19.2. The van der Waals surface area contributed by atoms with Gasteiger partial charge in [-0.3, -0.25) is 5.32 Å². The first kappa shape index (κ1) is 24.9. The lowest BCUT2D eigenvalue weighted by Gasteiger charge is -2.34. The Kier molecular flexibility index (Phi) is 9.98. The van der Waals surface area contributed by atoms with Crippen LogP contribution in [-0.2, 0) is 11.2 Å². The molecule has 2 aromatic carbocycles. The molecule has 0 spiro atoms. The van der Waals surface area contributed by atoms with E-state index in [9.17, 15) is 9.90 Å². The van der Waals surface area contributed by atoms with Gasteiger partial charge >= 0.3 is 6.03 Å². The summed E-state index contributed by atoms with van der Waals surface area (Å²) in [4.78, 5) is 14.8. The maximum absolute atomic E-state index is 13.0. The second kappa shape index (κ2) is 12.4. The molecule has 0 radical (unpaired) electrons. The Morgan fingerprint density at radius 3 is 2.03 bits per heavy atom. The first-order valence-corrected chi connectivity index (χ1v) is 11.0. The van der Waals surface area contributed by atoms with Crippen molar-refractivity contribution < 1.29 is 14.6 Å². The number of hydrogen-bond donors (Lipinski definition) is 3. The lowest BCUT2D eigenvalue weighted by molar-refractivity contribution is 0.0484. The van der Waals surface area contributed by atoms with E-state index in [1.165, 1.54) is 0 Å². The van der Waals surface area contributed by atoms with Gasteiger partial charge in [0.15, 0.2) is 0 Å². The van der Waals surface area contributed by atoms with Crippen LogP contribution in [0.3, 0.4) is 0 Å². The zero-order chi connectivity index (χ0) is 22.8. The van der Waals surface area contributed by atoms with Gasteiger partial charge in [0.25, 0.3) is 0 Å². The fraction of sp³-hybridized carbons (Fsp3) is 0.480. The number of nitrogens with zero attached hydrogens (tertiary/aromatic N) is 1. The molecule has 2 aromatic rings. The quantitative estimate of drug-likeness (QED) is 0.478. The normalized spacial score (nSPS) is 14.3. The van der Waals surface area contributed by atoms with E-state index in [4.69, 9.17) is 4.74 Å². The van der Waals surface area contributed by atoms with Crippen molar-refractivity contribution in [3.05, 3.63) is 71.8 Å². The number of urea groups is 1. The minimum absolute atomic E-state index is 0.0589. The minimum atomic E-state index is -0.799. The predicted molar refractivity (Wildman–Crippen MR) is 125 cm³/mol. The number of carbonyl (C=O) groups excluding carboxylic acids is 1. The van der Waals surface area contributed by atoms with Crippen molar-refractivity contribution in [2.24, 2.45) is 0 Å². The van der Waals surface area contributed by atoms with Crippen LogP contribution in [0.2, 0.25) is 0 Å². The van der Waals surface area contributed by atoms with Crippen molar-refractivity contribution in [3.63, 3.8) is 0 Å². The van der Waals surface area contributed by atoms with E-state index in [2.05, 4.69) is 10.6 Å². The maximum atomic E-state index is 13.0. The second-order valence-corrected chi connectivity index (χ2v) is 8.34. The first-order valence-electron chi connectivity index (χ1n) is 11.0. The van der Waals surface area contributed by atoms with Crippen LogP contribution in [-0.4, -0.2) is 53.9 Å². The van der Waals surface area contributed by atoms with Crippen LogP contribution in [0.1, 0.15) is 45.0 Å². The molecule has 6 nitrogen and oxygen atoms in total. The molecule has 1 unspecified atom stereocenters. The topological polar surface area (TPSA) is 73.8 Å². The van der Waals surface area contributed by atoms with Gasteiger partial charge < -0.3 is 20.1 Å². The Labute approximate surface area is 186 Å². The summed E-state index contributed by atoms with van der Waals surface area (Å²) < 4.78 is 5.55. The zero-order valence-corrected chi connectivity index (χ0v) is 19.3. The van der Waals surface area contributed by atoms with Gasteiger partial charge in [-0.25, -0.2) is 4.79 Å². The summed E-state index contributed by atoms with van der Waals surface area (Å²) in [5.41, 5.74) is 2.03. The third-order valence-corrected chi connectivity index (χ3v) is 5.27. The molecule has 0 heterocycles. The van der Waals surface area contributed by atoms with Gasteiger partial charge in [-0.15, -0.1) is 0 Å². The molecule has 0 bridgehead atoms. The van der Waals surface area contributed by atoms with E-state index < -0.39 is 12.1 Å². The lowest BCUT2D eigenvalue weighted by atomic mass is 10.0. The van der Waals surface area contributed by atoms with Crippen LogP contribution >= 0.6 is 0 Å². The van der Waals surface area contributed by atoms with Crippen molar-refractivity contribution in [1.82, 2.24) is 15.5 Å². The molecule has 0 saturated heterocycles. The number of amides is 2. The summed E-state index contributed by atoms with van der Waals surface area (Å²) >= 11 is 0. The summed E-state index contributed by atoms with van der Waals surface area (Å²) in [7, 11) is 1.63. The Bertz CT molecular complexity index is 760. The molecule has 0 aliphatic heterocycles. The molecule has 2 rings (SSSR count). The summed E-state index contributed by atoms with van der Waals surface area (Å²) in [5.74, 6) is 0. The smallest absolute Gasteiger partial charge is 0.318 e. The van der Waals surface area contributed by atoms with E-state index in [1.54, 1.807) is 12.0 Å². The van der Waals surface area contributed by atoms with E-state index in [-0.39, 0.29) is 30.9 Å². The van der Waals surface area contributed by atoms with Crippen LogP contribution in [0.5, 0.6) is 0 Å². The molecule has 6 heteroatoms. The van der Waals surface area contributed by atoms with Gasteiger partial charge in [0.1, 0.15) is 6.23 Å². The predicted octanol–water partition coefficient (Wildman–Crippen LogP) is 3.72. The SMILES string of the molecule is COC(NC[C@@H](O)[C@H](Cc1ccccc1)NC(=O)N(C(C)C)C(C)C)c1ccccc1. The van der Waals surface area contributed by atoms with E-state index >= 15 is 0 Å². The monoisotopic (exact) mass is 427 g/mol. The zero-order valence-electron chi connectivity index (χ0n) is 19.3. The van der Waals surface area contributed by atoms with Crippen LogP contribution in [0.4, 0.5) is 4.79 Å². The lowest BCUT2D eigenvalue weighted by Crippen LogP contribution is -2.55. The number of aliphatic hydroxyl groups excluding tert-OH is 1. The van der Waals surface area contributed by atoms with Crippen molar-refractivity contribution in [2.75, 3.05) is 13.7 Å². The third-order valence-electron chi connectivity index (χ3n) is 5.27. The van der Waals surface area contributed by atoms with Gasteiger partial charge in [0, 0.05) is 25.7 Å². The summed E-state index contributed by atoms with van der Waals surface area (Å²) in [6.07, 6.45) is -0.610. The third kappa shape index (κ3) is 7.65. The fourth-order valence-corrected chi connectivity index (χ4v) is 3.78. The number of ether oxygens (including phenoxy) is 1. The van der Waals surface area contributed by atoms with Crippen molar-refractivity contribution in [2.45, 2.75) is 64.6 Å².